The zero-order valence-corrected chi connectivity index (χ0v) is 16.0. The molecule has 1 aromatic heterocycles. The first-order valence-electron chi connectivity index (χ1n) is 10.4. The van der Waals surface area contributed by atoms with Gasteiger partial charge >= 0.3 is 0 Å². The van der Waals surface area contributed by atoms with E-state index in [-0.39, 0.29) is 24.0 Å². The number of pyridine rings is 1. The van der Waals surface area contributed by atoms with Crippen LogP contribution in [-0.4, -0.2) is 58.8 Å². The van der Waals surface area contributed by atoms with Crippen molar-refractivity contribution >= 4 is 5.91 Å². The number of aliphatic hydroxyl groups is 1. The first-order chi connectivity index (χ1) is 13.2. The number of morpholine rings is 1. The average Bonchev–Trinajstić information content (AvgIpc) is 2.71. The topological polar surface area (TPSA) is 74.7 Å². The highest BCUT2D eigenvalue weighted by atomic mass is 16.5. The van der Waals surface area contributed by atoms with E-state index in [4.69, 9.17) is 4.74 Å². The van der Waals surface area contributed by atoms with E-state index in [0.29, 0.717) is 13.2 Å². The number of aromatic nitrogens is 1. The molecule has 0 aromatic carbocycles. The third kappa shape index (κ3) is 3.89. The minimum absolute atomic E-state index is 0.123. The van der Waals surface area contributed by atoms with Crippen LogP contribution in [0.5, 0.6) is 0 Å². The Balaban J connectivity index is 1.56. The lowest BCUT2D eigenvalue weighted by molar-refractivity contribution is -0.142. The van der Waals surface area contributed by atoms with E-state index in [9.17, 15) is 9.90 Å². The van der Waals surface area contributed by atoms with Crippen molar-refractivity contribution in [3.63, 3.8) is 0 Å². The molecule has 2 N–H and O–H groups in total. The number of carbonyl (C=O) groups is 1. The predicted octanol–water partition coefficient (Wildman–Crippen LogP) is 2.04. The number of carbonyl (C=O) groups excluding carboxylic acids is 1. The molecule has 1 aromatic rings. The van der Waals surface area contributed by atoms with Gasteiger partial charge in [-0.25, -0.2) is 0 Å². The second-order valence-corrected chi connectivity index (χ2v) is 8.28. The summed E-state index contributed by atoms with van der Waals surface area (Å²) in [6.45, 7) is 3.05. The van der Waals surface area contributed by atoms with Crippen molar-refractivity contribution in [1.82, 2.24) is 15.2 Å². The van der Waals surface area contributed by atoms with Gasteiger partial charge in [-0.1, -0.05) is 25.3 Å². The fraction of sp³-hybridized carbons (Fsp3) is 0.714. The first kappa shape index (κ1) is 18.8. The number of nitrogens with one attached hydrogen (secondary N) is 1. The molecule has 2 aliphatic carbocycles. The Morgan fingerprint density at radius 2 is 1.96 bits per heavy atom. The van der Waals surface area contributed by atoms with Gasteiger partial charge in [0, 0.05) is 19.3 Å². The molecule has 0 bridgehead atoms. The molecule has 1 amide bonds. The number of aliphatic hydroxyl groups excluding tert-OH is 1. The smallest absolute Gasteiger partial charge is 0.241 e. The molecule has 0 radical (unpaired) electrons. The predicted molar refractivity (Wildman–Crippen MR) is 102 cm³/mol. The Bertz CT molecular complexity index is 621. The molecule has 148 valence electrons. The maximum absolute atomic E-state index is 13.6. The van der Waals surface area contributed by atoms with Crippen molar-refractivity contribution in [1.29, 1.82) is 0 Å². The van der Waals surface area contributed by atoms with Gasteiger partial charge in [0.05, 0.1) is 31.1 Å². The highest BCUT2D eigenvalue weighted by Gasteiger charge is 2.47. The van der Waals surface area contributed by atoms with Crippen molar-refractivity contribution in [3.8, 4) is 0 Å². The molecule has 6 heteroatoms. The molecule has 1 atom stereocenters. The lowest BCUT2D eigenvalue weighted by Gasteiger charge is -2.48. The molecule has 3 aliphatic rings. The lowest BCUT2D eigenvalue weighted by Crippen LogP contribution is -2.63. The van der Waals surface area contributed by atoms with E-state index < -0.39 is 5.54 Å². The maximum atomic E-state index is 13.6. The number of hydrogen-bond acceptors (Lipinski definition) is 5. The van der Waals surface area contributed by atoms with Crippen LogP contribution in [0, 0.1) is 5.92 Å². The fourth-order valence-electron chi connectivity index (χ4n) is 4.99. The molecule has 1 aliphatic heterocycles. The van der Waals surface area contributed by atoms with Gasteiger partial charge in [-0.05, 0) is 43.7 Å². The van der Waals surface area contributed by atoms with Gasteiger partial charge in [0.15, 0.2) is 0 Å². The van der Waals surface area contributed by atoms with Gasteiger partial charge < -0.3 is 15.2 Å². The van der Waals surface area contributed by atoms with Crippen LogP contribution in [0.4, 0.5) is 0 Å². The van der Waals surface area contributed by atoms with Crippen molar-refractivity contribution in [2.24, 2.45) is 5.92 Å². The van der Waals surface area contributed by atoms with Crippen LogP contribution in [0.2, 0.25) is 0 Å². The summed E-state index contributed by atoms with van der Waals surface area (Å²) in [5.41, 5.74) is 0.480. The van der Waals surface area contributed by atoms with Gasteiger partial charge in [-0.2, -0.15) is 0 Å². The lowest BCUT2D eigenvalue weighted by atomic mass is 9.74. The van der Waals surface area contributed by atoms with Gasteiger partial charge in [0.25, 0.3) is 0 Å². The minimum Gasteiger partial charge on any atom is -0.393 e. The molecule has 27 heavy (non-hydrogen) atoms. The number of hydrogen-bond donors (Lipinski definition) is 2. The average molecular weight is 373 g/mol. The van der Waals surface area contributed by atoms with Crippen molar-refractivity contribution in [3.05, 3.63) is 30.1 Å². The Labute approximate surface area is 161 Å². The second kappa shape index (κ2) is 8.25. The normalized spacial score (nSPS) is 29.5. The van der Waals surface area contributed by atoms with Crippen molar-refractivity contribution in [2.75, 3.05) is 26.3 Å². The van der Waals surface area contributed by atoms with Crippen LogP contribution < -0.4 is 5.32 Å². The molecule has 3 fully saturated rings. The number of ether oxygens (including phenoxy) is 1. The van der Waals surface area contributed by atoms with E-state index in [0.717, 1.165) is 57.3 Å². The van der Waals surface area contributed by atoms with E-state index in [1.54, 1.807) is 6.20 Å². The Morgan fingerprint density at radius 1 is 1.22 bits per heavy atom. The minimum atomic E-state index is -0.419. The third-order valence-electron chi connectivity index (χ3n) is 6.63. The molecule has 4 rings (SSSR count). The summed E-state index contributed by atoms with van der Waals surface area (Å²) in [7, 11) is 0. The highest BCUT2D eigenvalue weighted by Crippen LogP contribution is 2.40. The van der Waals surface area contributed by atoms with Crippen LogP contribution in [0.15, 0.2) is 24.4 Å². The van der Waals surface area contributed by atoms with Gasteiger partial charge in [0.1, 0.15) is 5.54 Å². The Morgan fingerprint density at radius 3 is 2.59 bits per heavy atom. The number of nitrogens with zero attached hydrogens (tertiary/aromatic N) is 2. The Kier molecular flexibility index (Phi) is 5.76. The summed E-state index contributed by atoms with van der Waals surface area (Å²) < 4.78 is 5.53. The van der Waals surface area contributed by atoms with Crippen LogP contribution in [0.1, 0.15) is 56.7 Å². The van der Waals surface area contributed by atoms with Crippen LogP contribution in [-0.2, 0) is 9.53 Å². The van der Waals surface area contributed by atoms with Gasteiger partial charge in [-0.15, -0.1) is 0 Å². The van der Waals surface area contributed by atoms with Crippen molar-refractivity contribution < 1.29 is 14.6 Å². The van der Waals surface area contributed by atoms with E-state index >= 15 is 0 Å². The summed E-state index contributed by atoms with van der Waals surface area (Å²) in [5, 5.41) is 13.2. The fourth-order valence-corrected chi connectivity index (χ4v) is 4.99. The molecular weight excluding hydrogens is 342 g/mol. The molecule has 1 saturated heterocycles. The largest absolute Gasteiger partial charge is 0.393 e. The summed E-state index contributed by atoms with van der Waals surface area (Å²) in [5.74, 6) is 0.394. The molecule has 2 heterocycles. The summed E-state index contributed by atoms with van der Waals surface area (Å²) in [4.78, 5) is 20.5. The van der Waals surface area contributed by atoms with Crippen LogP contribution >= 0.6 is 0 Å². The first-order valence-corrected chi connectivity index (χ1v) is 10.4. The van der Waals surface area contributed by atoms with Crippen LogP contribution in [0.3, 0.4) is 0 Å². The second-order valence-electron chi connectivity index (χ2n) is 8.28. The van der Waals surface area contributed by atoms with E-state index in [1.807, 2.05) is 18.2 Å². The number of amides is 1. The molecule has 2 saturated carbocycles. The highest BCUT2D eigenvalue weighted by molar-refractivity contribution is 5.87. The molecular formula is C21H31N3O3. The molecule has 0 spiro atoms. The van der Waals surface area contributed by atoms with Crippen molar-refractivity contribution in [2.45, 2.75) is 62.6 Å². The SMILES string of the molecule is O=C(N[C@H](c1ccccn1)C1CC(O)C1)C1(N2CCOCC2)CCCCC1. The third-order valence-corrected chi connectivity index (χ3v) is 6.63. The molecule has 6 nitrogen and oxygen atoms in total. The Hall–Kier alpha value is -1.50. The van der Waals surface area contributed by atoms with Gasteiger partial charge in [0.2, 0.25) is 5.91 Å². The molecule has 0 unspecified atom stereocenters. The van der Waals surface area contributed by atoms with Gasteiger partial charge in [-0.3, -0.25) is 14.7 Å². The summed E-state index contributed by atoms with van der Waals surface area (Å²) >= 11 is 0. The monoisotopic (exact) mass is 373 g/mol. The zero-order valence-electron chi connectivity index (χ0n) is 16.0. The van der Waals surface area contributed by atoms with Crippen LogP contribution in [0.25, 0.3) is 0 Å². The number of rotatable bonds is 5. The van der Waals surface area contributed by atoms with E-state index in [1.165, 1.54) is 6.42 Å². The zero-order chi connectivity index (χ0) is 18.7. The summed E-state index contributed by atoms with van der Waals surface area (Å²) in [6.07, 6.45) is 8.23. The summed E-state index contributed by atoms with van der Waals surface area (Å²) in [6, 6.07) is 5.73. The maximum Gasteiger partial charge on any atom is 0.241 e. The standard InChI is InChI=1S/C21H31N3O3/c25-17-14-16(15-17)19(18-6-2-5-9-22-18)23-20(26)21(7-3-1-4-8-21)24-10-12-27-13-11-24/h2,5-6,9,16-17,19,25H,1,3-4,7-8,10-15H2,(H,23,26)/t16?,17?,19-/m0/s1. The quantitative estimate of drug-likeness (QED) is 0.826. The van der Waals surface area contributed by atoms with E-state index in [2.05, 4.69) is 15.2 Å².